The highest BCUT2D eigenvalue weighted by Crippen LogP contribution is 2.30. The lowest BCUT2D eigenvalue weighted by Crippen LogP contribution is -2.26. The molecular weight excluding hydrogens is 318 g/mol. The average Bonchev–Trinajstić information content (AvgIpc) is 2.65. The van der Waals surface area contributed by atoms with Crippen LogP contribution < -0.4 is 5.32 Å². The first-order valence-corrected chi connectivity index (χ1v) is 8.35. The molecule has 1 amide bonds. The molecule has 1 aliphatic heterocycles. The summed E-state index contributed by atoms with van der Waals surface area (Å²) < 4.78 is 10.5. The molecule has 1 unspecified atom stereocenters. The Labute approximate surface area is 147 Å². The Kier molecular flexibility index (Phi) is 5.46. The minimum absolute atomic E-state index is 0.144. The normalized spacial score (nSPS) is 16.0. The summed E-state index contributed by atoms with van der Waals surface area (Å²) in [5.41, 5.74) is 2.88. The number of rotatable bonds is 6. The number of carbonyl (C=O) groups excluding carboxylic acids is 2. The highest BCUT2D eigenvalue weighted by atomic mass is 16.5. The summed E-state index contributed by atoms with van der Waals surface area (Å²) in [5.74, 6) is -0.490. The zero-order valence-electron chi connectivity index (χ0n) is 14.2. The van der Waals surface area contributed by atoms with Crippen LogP contribution in [0.15, 0.2) is 48.5 Å². The molecule has 25 heavy (non-hydrogen) atoms. The van der Waals surface area contributed by atoms with E-state index in [4.69, 9.17) is 9.47 Å². The van der Waals surface area contributed by atoms with E-state index in [-0.39, 0.29) is 18.0 Å². The molecule has 0 aliphatic carbocycles. The molecule has 0 fully saturated rings. The van der Waals surface area contributed by atoms with Gasteiger partial charge in [-0.15, -0.1) is 0 Å². The van der Waals surface area contributed by atoms with Gasteiger partial charge >= 0.3 is 5.97 Å². The lowest BCUT2D eigenvalue weighted by atomic mass is 9.93. The molecule has 1 N–H and O–H groups in total. The third-order valence-corrected chi connectivity index (χ3v) is 4.22. The van der Waals surface area contributed by atoms with Gasteiger partial charge in [-0.3, -0.25) is 4.79 Å². The van der Waals surface area contributed by atoms with Gasteiger partial charge in [-0.05, 0) is 35.7 Å². The zero-order chi connectivity index (χ0) is 17.6. The second-order valence-electron chi connectivity index (χ2n) is 5.98. The predicted octanol–water partition coefficient (Wildman–Crippen LogP) is 2.91. The van der Waals surface area contributed by atoms with Crippen molar-refractivity contribution in [2.45, 2.75) is 18.9 Å². The molecule has 2 aromatic rings. The van der Waals surface area contributed by atoms with E-state index in [0.717, 1.165) is 17.5 Å². The molecule has 130 valence electrons. The number of ether oxygens (including phenoxy) is 2. The Morgan fingerprint density at radius 1 is 1.24 bits per heavy atom. The van der Waals surface area contributed by atoms with Crippen LogP contribution in [-0.2, 0) is 15.9 Å². The van der Waals surface area contributed by atoms with Gasteiger partial charge in [0.25, 0.3) is 5.91 Å². The van der Waals surface area contributed by atoms with Gasteiger partial charge in [0.15, 0.2) is 0 Å². The Bertz CT molecular complexity index is 758. The van der Waals surface area contributed by atoms with Crippen molar-refractivity contribution in [3.05, 3.63) is 70.8 Å². The topological polar surface area (TPSA) is 64.6 Å². The zero-order valence-corrected chi connectivity index (χ0v) is 14.2. The van der Waals surface area contributed by atoms with Crippen molar-refractivity contribution in [1.29, 1.82) is 0 Å². The SMILES string of the molecule is COCCCNC(=O)c1ccc2c(c1)CC(c1ccccc1)OC2=O. The molecule has 1 atom stereocenters. The minimum Gasteiger partial charge on any atom is -0.454 e. The van der Waals surface area contributed by atoms with Crippen molar-refractivity contribution in [2.24, 2.45) is 0 Å². The van der Waals surface area contributed by atoms with Gasteiger partial charge in [0, 0.05) is 32.2 Å². The lowest BCUT2D eigenvalue weighted by molar-refractivity contribution is 0.0252. The van der Waals surface area contributed by atoms with E-state index in [1.54, 1.807) is 25.3 Å². The summed E-state index contributed by atoms with van der Waals surface area (Å²) in [6.45, 7) is 1.16. The van der Waals surface area contributed by atoms with Crippen molar-refractivity contribution >= 4 is 11.9 Å². The third kappa shape index (κ3) is 4.06. The van der Waals surface area contributed by atoms with E-state index in [2.05, 4.69) is 5.32 Å². The summed E-state index contributed by atoms with van der Waals surface area (Å²) in [6, 6.07) is 14.8. The predicted molar refractivity (Wildman–Crippen MR) is 93.6 cm³/mol. The van der Waals surface area contributed by atoms with Crippen LogP contribution in [0.1, 0.15) is 44.4 Å². The maximum Gasteiger partial charge on any atom is 0.339 e. The molecule has 1 aliphatic rings. The highest BCUT2D eigenvalue weighted by Gasteiger charge is 2.28. The molecule has 2 aromatic carbocycles. The molecule has 0 saturated carbocycles. The van der Waals surface area contributed by atoms with Crippen molar-refractivity contribution < 1.29 is 19.1 Å². The van der Waals surface area contributed by atoms with E-state index in [1.165, 1.54) is 0 Å². The number of amides is 1. The summed E-state index contributed by atoms with van der Waals surface area (Å²) in [6.07, 6.45) is 1.01. The third-order valence-electron chi connectivity index (χ3n) is 4.22. The van der Waals surface area contributed by atoms with Crippen LogP contribution in [0, 0.1) is 0 Å². The number of hydrogen-bond acceptors (Lipinski definition) is 4. The first kappa shape index (κ1) is 17.2. The Balaban J connectivity index is 1.75. The first-order chi connectivity index (χ1) is 12.2. The molecule has 3 rings (SSSR count). The number of benzene rings is 2. The summed E-state index contributed by atoms with van der Waals surface area (Å²) >= 11 is 0. The van der Waals surface area contributed by atoms with Crippen LogP contribution in [0.4, 0.5) is 0 Å². The smallest absolute Gasteiger partial charge is 0.339 e. The van der Waals surface area contributed by atoms with E-state index in [9.17, 15) is 9.59 Å². The monoisotopic (exact) mass is 339 g/mol. The number of carbonyl (C=O) groups is 2. The van der Waals surface area contributed by atoms with Crippen LogP contribution in [0.2, 0.25) is 0 Å². The van der Waals surface area contributed by atoms with Crippen LogP contribution in [0.25, 0.3) is 0 Å². The highest BCUT2D eigenvalue weighted by molar-refractivity contribution is 5.97. The van der Waals surface area contributed by atoms with Crippen molar-refractivity contribution in [3.8, 4) is 0 Å². The summed E-state index contributed by atoms with van der Waals surface area (Å²) in [4.78, 5) is 24.5. The fourth-order valence-corrected chi connectivity index (χ4v) is 2.91. The number of fused-ring (bicyclic) bond motifs is 1. The van der Waals surface area contributed by atoms with E-state index >= 15 is 0 Å². The van der Waals surface area contributed by atoms with Crippen LogP contribution in [-0.4, -0.2) is 32.1 Å². The van der Waals surface area contributed by atoms with Gasteiger partial charge in [0.2, 0.25) is 0 Å². The van der Waals surface area contributed by atoms with Gasteiger partial charge < -0.3 is 14.8 Å². The van der Waals surface area contributed by atoms with Crippen LogP contribution in [0.5, 0.6) is 0 Å². The van der Waals surface area contributed by atoms with Crippen LogP contribution in [0.3, 0.4) is 0 Å². The second kappa shape index (κ2) is 7.94. The molecule has 0 saturated heterocycles. The van der Waals surface area contributed by atoms with E-state index < -0.39 is 0 Å². The molecule has 0 bridgehead atoms. The molecule has 1 heterocycles. The van der Waals surface area contributed by atoms with Gasteiger partial charge in [-0.25, -0.2) is 4.79 Å². The number of methoxy groups -OCH3 is 1. The maximum absolute atomic E-state index is 12.3. The number of hydrogen-bond donors (Lipinski definition) is 1. The standard InChI is InChI=1S/C20H21NO4/c1-24-11-5-10-21-19(22)15-8-9-17-16(12-15)13-18(25-20(17)23)14-6-3-2-4-7-14/h2-4,6-9,12,18H,5,10-11,13H2,1H3,(H,21,22). The van der Waals surface area contributed by atoms with E-state index in [0.29, 0.717) is 30.7 Å². The average molecular weight is 339 g/mol. The van der Waals surface area contributed by atoms with Crippen molar-refractivity contribution in [3.63, 3.8) is 0 Å². The maximum atomic E-state index is 12.3. The van der Waals surface area contributed by atoms with Crippen molar-refractivity contribution in [2.75, 3.05) is 20.3 Å². The minimum atomic E-state index is -0.345. The van der Waals surface area contributed by atoms with Gasteiger partial charge in [0.1, 0.15) is 6.10 Å². The summed E-state index contributed by atoms with van der Waals surface area (Å²) in [7, 11) is 1.63. The number of nitrogens with one attached hydrogen (secondary N) is 1. The van der Waals surface area contributed by atoms with E-state index in [1.807, 2.05) is 30.3 Å². The molecule has 0 spiro atoms. The number of esters is 1. The van der Waals surface area contributed by atoms with Crippen molar-refractivity contribution in [1.82, 2.24) is 5.32 Å². The summed E-state index contributed by atoms with van der Waals surface area (Å²) in [5, 5.41) is 2.86. The quantitative estimate of drug-likeness (QED) is 0.649. The molecule has 0 radical (unpaired) electrons. The molecule has 5 nitrogen and oxygen atoms in total. The first-order valence-electron chi connectivity index (χ1n) is 8.35. The Morgan fingerprint density at radius 3 is 2.80 bits per heavy atom. The molecular formula is C20H21NO4. The molecule has 0 aromatic heterocycles. The Morgan fingerprint density at radius 2 is 2.04 bits per heavy atom. The Hall–Kier alpha value is -2.66. The second-order valence-corrected chi connectivity index (χ2v) is 5.98. The van der Waals surface area contributed by atoms with Crippen LogP contribution >= 0.6 is 0 Å². The fourth-order valence-electron chi connectivity index (χ4n) is 2.91. The number of cyclic esters (lactones) is 1. The lowest BCUT2D eigenvalue weighted by Gasteiger charge is -2.25. The largest absolute Gasteiger partial charge is 0.454 e. The fraction of sp³-hybridized carbons (Fsp3) is 0.300. The molecule has 5 heteroatoms. The van der Waals surface area contributed by atoms with Gasteiger partial charge in [-0.1, -0.05) is 30.3 Å². The van der Waals surface area contributed by atoms with Gasteiger partial charge in [-0.2, -0.15) is 0 Å². The van der Waals surface area contributed by atoms with Gasteiger partial charge in [0.05, 0.1) is 5.56 Å².